The zero-order valence-corrected chi connectivity index (χ0v) is 13.2. The lowest BCUT2D eigenvalue weighted by Crippen LogP contribution is -2.34. The predicted molar refractivity (Wildman–Crippen MR) is 81.5 cm³/mol. The molecule has 6 nitrogen and oxygen atoms in total. The monoisotopic (exact) mass is 314 g/mol. The third kappa shape index (κ3) is 5.11. The highest BCUT2D eigenvalue weighted by atomic mass is 32.2. The summed E-state index contributed by atoms with van der Waals surface area (Å²) in [5, 5.41) is 11.6. The average molecular weight is 314 g/mol. The molecule has 1 amide bonds. The molecule has 0 aliphatic rings. The number of rotatable bonds is 8. The summed E-state index contributed by atoms with van der Waals surface area (Å²) in [5.74, 6) is -0.213. The number of sulfonamides is 1. The van der Waals surface area contributed by atoms with Crippen LogP contribution in [0.5, 0.6) is 0 Å². The number of anilines is 1. The second-order valence-electron chi connectivity index (χ2n) is 4.69. The summed E-state index contributed by atoms with van der Waals surface area (Å²) in [5.41, 5.74) is 0.545. The van der Waals surface area contributed by atoms with Crippen molar-refractivity contribution < 1.29 is 18.3 Å². The van der Waals surface area contributed by atoms with Gasteiger partial charge in [-0.2, -0.15) is 4.31 Å². The number of hydrogen-bond acceptors (Lipinski definition) is 4. The fraction of sp³-hybridized carbons (Fsp3) is 0.500. The zero-order chi connectivity index (χ0) is 15.9. The minimum absolute atomic E-state index is 0.0791. The van der Waals surface area contributed by atoms with Crippen LogP contribution in [-0.4, -0.2) is 43.4 Å². The topological polar surface area (TPSA) is 86.7 Å². The van der Waals surface area contributed by atoms with Gasteiger partial charge in [-0.1, -0.05) is 13.3 Å². The Labute approximate surface area is 125 Å². The van der Waals surface area contributed by atoms with Crippen molar-refractivity contribution in [2.45, 2.75) is 31.6 Å². The smallest absolute Gasteiger partial charge is 0.243 e. The van der Waals surface area contributed by atoms with Crippen LogP contribution in [-0.2, 0) is 14.8 Å². The molecule has 0 radical (unpaired) electrons. The molecular weight excluding hydrogens is 292 g/mol. The van der Waals surface area contributed by atoms with E-state index in [1.165, 1.54) is 23.4 Å². The van der Waals surface area contributed by atoms with Crippen molar-refractivity contribution in [3.63, 3.8) is 0 Å². The molecule has 0 atom stereocenters. The summed E-state index contributed by atoms with van der Waals surface area (Å²) in [6, 6.07) is 6.00. The summed E-state index contributed by atoms with van der Waals surface area (Å²) in [6.07, 6.45) is 1.61. The van der Waals surface area contributed by atoms with Crippen LogP contribution in [0, 0.1) is 0 Å². The van der Waals surface area contributed by atoms with Crippen molar-refractivity contribution in [1.82, 2.24) is 4.31 Å². The highest BCUT2D eigenvalue weighted by Crippen LogP contribution is 2.18. The first-order chi connectivity index (χ1) is 9.91. The van der Waals surface area contributed by atoms with Crippen molar-refractivity contribution in [1.29, 1.82) is 0 Å². The molecule has 118 valence electrons. The number of aliphatic hydroxyl groups is 1. The average Bonchev–Trinajstić information content (AvgIpc) is 2.43. The first-order valence-corrected chi connectivity index (χ1v) is 8.34. The molecule has 0 heterocycles. The van der Waals surface area contributed by atoms with Crippen LogP contribution in [0.2, 0.25) is 0 Å². The van der Waals surface area contributed by atoms with Crippen LogP contribution in [0.25, 0.3) is 0 Å². The number of aliphatic hydroxyl groups excluding tert-OH is 1. The van der Waals surface area contributed by atoms with Crippen LogP contribution in [0.3, 0.4) is 0 Å². The van der Waals surface area contributed by atoms with Crippen molar-refractivity contribution in [3.8, 4) is 0 Å². The van der Waals surface area contributed by atoms with Crippen LogP contribution in [0.1, 0.15) is 26.7 Å². The molecule has 21 heavy (non-hydrogen) atoms. The van der Waals surface area contributed by atoms with E-state index in [4.69, 9.17) is 5.11 Å². The fourth-order valence-corrected chi connectivity index (χ4v) is 3.33. The normalized spacial score (nSPS) is 11.6. The van der Waals surface area contributed by atoms with E-state index in [0.29, 0.717) is 12.2 Å². The zero-order valence-electron chi connectivity index (χ0n) is 12.4. The quantitative estimate of drug-likeness (QED) is 0.760. The maximum Gasteiger partial charge on any atom is 0.243 e. The van der Waals surface area contributed by atoms with Gasteiger partial charge in [-0.25, -0.2) is 8.42 Å². The minimum atomic E-state index is -3.62. The van der Waals surface area contributed by atoms with Gasteiger partial charge in [0.15, 0.2) is 0 Å². The number of carbonyl (C=O) groups is 1. The molecule has 0 bridgehead atoms. The second kappa shape index (κ2) is 8.11. The first-order valence-electron chi connectivity index (χ1n) is 6.90. The number of nitrogens with zero attached hydrogens (tertiary/aromatic N) is 1. The Balaban J connectivity index is 2.95. The molecule has 0 saturated carbocycles. The fourth-order valence-electron chi connectivity index (χ4n) is 1.86. The van der Waals surface area contributed by atoms with Gasteiger partial charge in [0, 0.05) is 25.7 Å². The molecule has 0 spiro atoms. The highest BCUT2D eigenvalue weighted by Gasteiger charge is 2.23. The van der Waals surface area contributed by atoms with E-state index in [1.807, 2.05) is 6.92 Å². The lowest BCUT2D eigenvalue weighted by atomic mass is 10.3. The Morgan fingerprint density at radius 2 is 1.86 bits per heavy atom. The van der Waals surface area contributed by atoms with Crippen molar-refractivity contribution >= 4 is 21.6 Å². The van der Waals surface area contributed by atoms with Crippen LogP contribution in [0.15, 0.2) is 29.2 Å². The van der Waals surface area contributed by atoms with Gasteiger partial charge >= 0.3 is 0 Å². The molecule has 0 aliphatic carbocycles. The van der Waals surface area contributed by atoms with Gasteiger partial charge in [0.2, 0.25) is 15.9 Å². The van der Waals surface area contributed by atoms with E-state index in [9.17, 15) is 13.2 Å². The van der Waals surface area contributed by atoms with Crippen LogP contribution in [0.4, 0.5) is 5.69 Å². The number of carbonyl (C=O) groups excluding carboxylic acids is 1. The maximum atomic E-state index is 12.5. The molecule has 0 fully saturated rings. The molecule has 0 aliphatic heterocycles. The van der Waals surface area contributed by atoms with E-state index in [-0.39, 0.29) is 24.0 Å². The summed E-state index contributed by atoms with van der Waals surface area (Å²) in [4.78, 5) is 11.1. The van der Waals surface area contributed by atoms with Crippen molar-refractivity contribution in [2.24, 2.45) is 0 Å². The van der Waals surface area contributed by atoms with Gasteiger partial charge in [0.25, 0.3) is 0 Å². The van der Waals surface area contributed by atoms with Gasteiger partial charge in [0.1, 0.15) is 0 Å². The highest BCUT2D eigenvalue weighted by molar-refractivity contribution is 7.89. The molecular formula is C14H22N2O4S. The Hall–Kier alpha value is -1.44. The van der Waals surface area contributed by atoms with E-state index in [1.54, 1.807) is 12.1 Å². The molecule has 1 rings (SSSR count). The van der Waals surface area contributed by atoms with Crippen LogP contribution < -0.4 is 5.32 Å². The molecule has 1 aromatic rings. The molecule has 1 aromatic carbocycles. The van der Waals surface area contributed by atoms with Gasteiger partial charge in [0.05, 0.1) is 11.5 Å². The second-order valence-corrected chi connectivity index (χ2v) is 6.62. The van der Waals surface area contributed by atoms with Gasteiger partial charge in [-0.3, -0.25) is 4.79 Å². The molecule has 7 heteroatoms. The lowest BCUT2D eigenvalue weighted by Gasteiger charge is -2.21. The summed E-state index contributed by atoms with van der Waals surface area (Å²) < 4.78 is 26.3. The number of amides is 1. The van der Waals surface area contributed by atoms with Gasteiger partial charge in [-0.15, -0.1) is 0 Å². The predicted octanol–water partition coefficient (Wildman–Crippen LogP) is 1.43. The largest absolute Gasteiger partial charge is 0.395 e. The Kier molecular flexibility index (Phi) is 6.80. The SMILES string of the molecule is CCCCN(CCO)S(=O)(=O)c1ccc(NC(C)=O)cc1. The van der Waals surface area contributed by atoms with Gasteiger partial charge < -0.3 is 10.4 Å². The molecule has 0 saturated heterocycles. The molecule has 0 aromatic heterocycles. The maximum absolute atomic E-state index is 12.5. The summed E-state index contributed by atoms with van der Waals surface area (Å²) in [6.45, 7) is 3.61. The minimum Gasteiger partial charge on any atom is -0.395 e. The van der Waals surface area contributed by atoms with Crippen molar-refractivity contribution in [3.05, 3.63) is 24.3 Å². The first kappa shape index (κ1) is 17.6. The number of unbranched alkanes of at least 4 members (excludes halogenated alkanes) is 1. The third-order valence-electron chi connectivity index (χ3n) is 2.92. The molecule has 2 N–H and O–H groups in total. The van der Waals surface area contributed by atoms with Gasteiger partial charge in [-0.05, 0) is 30.7 Å². The van der Waals surface area contributed by atoms with E-state index in [2.05, 4.69) is 5.32 Å². The number of benzene rings is 1. The van der Waals surface area contributed by atoms with Crippen LogP contribution >= 0.6 is 0 Å². The van der Waals surface area contributed by atoms with E-state index in [0.717, 1.165) is 12.8 Å². The molecule has 0 unspecified atom stereocenters. The third-order valence-corrected chi connectivity index (χ3v) is 4.84. The van der Waals surface area contributed by atoms with Crippen molar-refractivity contribution in [2.75, 3.05) is 25.0 Å². The van der Waals surface area contributed by atoms with E-state index < -0.39 is 10.0 Å². The van der Waals surface area contributed by atoms with E-state index >= 15 is 0 Å². The Morgan fingerprint density at radius 1 is 1.24 bits per heavy atom. The lowest BCUT2D eigenvalue weighted by molar-refractivity contribution is -0.114. The standard InChI is InChI=1S/C14H22N2O4S/c1-3-4-9-16(10-11-17)21(19,20)14-7-5-13(6-8-14)15-12(2)18/h5-8,17H,3-4,9-11H2,1-2H3,(H,15,18). The number of hydrogen-bond donors (Lipinski definition) is 2. The Bertz CT molecular complexity index is 555. The number of nitrogens with one attached hydrogen (secondary N) is 1. The Morgan fingerprint density at radius 3 is 2.33 bits per heavy atom. The summed E-state index contributed by atoms with van der Waals surface area (Å²) >= 11 is 0. The summed E-state index contributed by atoms with van der Waals surface area (Å²) in [7, 11) is -3.62.